The van der Waals surface area contributed by atoms with Crippen LogP contribution in [0.4, 0.5) is 0 Å². The van der Waals surface area contributed by atoms with E-state index in [0.717, 1.165) is 15.4 Å². The van der Waals surface area contributed by atoms with E-state index in [1.165, 1.54) is 38.4 Å². The number of benzene rings is 2. The number of nitrogens with zero attached hydrogens (tertiary/aromatic N) is 1. The fourth-order valence-electron chi connectivity index (χ4n) is 2.59. The van der Waals surface area contributed by atoms with Gasteiger partial charge in [-0.2, -0.15) is 0 Å². The number of ether oxygens (including phenoxy) is 1. The Balaban J connectivity index is 1.98. The number of amides is 2. The maximum Gasteiger partial charge on any atom is 0.279 e. The van der Waals surface area contributed by atoms with E-state index in [9.17, 15) is 18.0 Å². The Bertz CT molecular complexity index is 1030. The molecule has 2 aromatic rings. The number of sulfonamides is 1. The summed E-state index contributed by atoms with van der Waals surface area (Å²) in [7, 11) is -0.752. The summed E-state index contributed by atoms with van der Waals surface area (Å²) in [6, 6.07) is 8.83. The van der Waals surface area contributed by atoms with E-state index in [0.29, 0.717) is 10.8 Å². The summed E-state index contributed by atoms with van der Waals surface area (Å²) >= 11 is 6.00. The van der Waals surface area contributed by atoms with E-state index >= 15 is 0 Å². The molecule has 0 aliphatic carbocycles. The minimum absolute atomic E-state index is 0.0591. The van der Waals surface area contributed by atoms with E-state index in [1.54, 1.807) is 19.1 Å². The van der Waals surface area contributed by atoms with Crippen molar-refractivity contribution in [2.75, 3.05) is 14.1 Å². The van der Waals surface area contributed by atoms with Crippen molar-refractivity contribution in [3.63, 3.8) is 0 Å². The van der Waals surface area contributed by atoms with Gasteiger partial charge in [0, 0.05) is 24.7 Å². The van der Waals surface area contributed by atoms with Gasteiger partial charge in [-0.15, -0.1) is 0 Å². The molecule has 0 aliphatic heterocycles. The molecule has 2 N–H and O–H groups in total. The Morgan fingerprint density at radius 1 is 1.03 bits per heavy atom. The fourth-order valence-corrected chi connectivity index (χ4v) is 3.82. The molecule has 0 saturated carbocycles. The first-order chi connectivity index (χ1) is 13.9. The molecule has 2 rings (SSSR count). The second-order valence-corrected chi connectivity index (χ2v) is 9.47. The zero-order chi connectivity index (χ0) is 22.6. The first kappa shape index (κ1) is 23.7. The second kappa shape index (κ2) is 9.46. The van der Waals surface area contributed by atoms with Gasteiger partial charge in [0.1, 0.15) is 5.75 Å². The smallest absolute Gasteiger partial charge is 0.279 e. The van der Waals surface area contributed by atoms with Crippen LogP contribution in [0.3, 0.4) is 0 Å². The van der Waals surface area contributed by atoms with E-state index in [1.807, 2.05) is 13.8 Å². The molecular weight excluding hydrogens is 430 g/mol. The van der Waals surface area contributed by atoms with Crippen molar-refractivity contribution in [3.05, 3.63) is 58.1 Å². The fraction of sp³-hybridized carbons (Fsp3) is 0.300. The van der Waals surface area contributed by atoms with Crippen molar-refractivity contribution in [2.24, 2.45) is 0 Å². The molecule has 0 spiro atoms. The quantitative estimate of drug-likeness (QED) is 0.653. The van der Waals surface area contributed by atoms with Gasteiger partial charge in [-0.3, -0.25) is 20.4 Å². The minimum atomic E-state index is -3.59. The lowest BCUT2D eigenvalue weighted by Gasteiger charge is -2.18. The second-order valence-electron chi connectivity index (χ2n) is 6.88. The normalized spacial score (nSPS) is 12.4. The van der Waals surface area contributed by atoms with Gasteiger partial charge in [0.15, 0.2) is 6.10 Å². The van der Waals surface area contributed by atoms with Gasteiger partial charge in [-0.25, -0.2) is 12.7 Å². The molecule has 0 aromatic heterocycles. The highest BCUT2D eigenvalue weighted by atomic mass is 35.5. The Kier molecular flexibility index (Phi) is 7.46. The van der Waals surface area contributed by atoms with Crippen LogP contribution in [0, 0.1) is 13.8 Å². The zero-order valence-electron chi connectivity index (χ0n) is 17.3. The van der Waals surface area contributed by atoms with Crippen LogP contribution in [0.15, 0.2) is 41.3 Å². The van der Waals surface area contributed by atoms with Crippen LogP contribution < -0.4 is 15.6 Å². The monoisotopic (exact) mass is 453 g/mol. The standard InChI is InChI=1S/C20H24ClN3O5S/c1-12-10-16(21)11-13(2)18(12)29-14(3)19(25)22-23-20(26)15-6-8-17(9-7-15)30(27,28)24(4)5/h6-11,14H,1-5H3,(H,22,25)(H,23,26)/t14-/m1/s1. The molecule has 10 heteroatoms. The van der Waals surface area contributed by atoms with E-state index in [2.05, 4.69) is 10.9 Å². The average molecular weight is 454 g/mol. The summed E-state index contributed by atoms with van der Waals surface area (Å²) in [6.45, 7) is 5.19. The van der Waals surface area contributed by atoms with E-state index in [4.69, 9.17) is 16.3 Å². The number of hydrogen-bond donors (Lipinski definition) is 2. The molecule has 0 aliphatic rings. The number of nitrogens with one attached hydrogen (secondary N) is 2. The first-order valence-corrected chi connectivity index (χ1v) is 10.8. The molecule has 2 aromatic carbocycles. The molecule has 0 heterocycles. The first-order valence-electron chi connectivity index (χ1n) is 8.99. The SMILES string of the molecule is Cc1cc(Cl)cc(C)c1O[C@H](C)C(=O)NNC(=O)c1ccc(S(=O)(=O)N(C)C)cc1. The number of halogens is 1. The number of hydrazine groups is 1. The van der Waals surface area contributed by atoms with Crippen molar-refractivity contribution < 1.29 is 22.7 Å². The third-order valence-corrected chi connectivity index (χ3v) is 6.33. The molecule has 30 heavy (non-hydrogen) atoms. The Hall–Kier alpha value is -2.62. The van der Waals surface area contributed by atoms with Gasteiger partial charge in [0.25, 0.3) is 11.8 Å². The molecule has 0 saturated heterocycles. The number of carbonyl (C=O) groups excluding carboxylic acids is 2. The van der Waals surface area contributed by atoms with Crippen LogP contribution in [0.1, 0.15) is 28.4 Å². The summed E-state index contributed by atoms with van der Waals surface area (Å²) in [5, 5.41) is 0.575. The van der Waals surface area contributed by atoms with Gasteiger partial charge < -0.3 is 4.74 Å². The molecule has 1 atom stereocenters. The van der Waals surface area contributed by atoms with Crippen molar-refractivity contribution in [3.8, 4) is 5.75 Å². The average Bonchev–Trinajstić information content (AvgIpc) is 2.68. The van der Waals surface area contributed by atoms with Crippen LogP contribution in [0.5, 0.6) is 5.75 Å². The lowest BCUT2D eigenvalue weighted by Crippen LogP contribution is -2.47. The van der Waals surface area contributed by atoms with Crippen molar-refractivity contribution in [1.82, 2.24) is 15.2 Å². The van der Waals surface area contributed by atoms with Crippen molar-refractivity contribution >= 4 is 33.4 Å². The van der Waals surface area contributed by atoms with Crippen molar-refractivity contribution in [2.45, 2.75) is 31.8 Å². The number of rotatable bonds is 6. The molecule has 2 amide bonds. The highest BCUT2D eigenvalue weighted by molar-refractivity contribution is 7.89. The van der Waals surface area contributed by atoms with Gasteiger partial charge in [0.05, 0.1) is 4.90 Å². The maximum atomic E-state index is 12.3. The van der Waals surface area contributed by atoms with Gasteiger partial charge in [-0.1, -0.05) is 11.6 Å². The third kappa shape index (κ3) is 5.50. The highest BCUT2D eigenvalue weighted by Crippen LogP contribution is 2.27. The van der Waals surface area contributed by atoms with Gasteiger partial charge >= 0.3 is 0 Å². The topological polar surface area (TPSA) is 105 Å². The zero-order valence-corrected chi connectivity index (χ0v) is 18.9. The van der Waals surface area contributed by atoms with E-state index in [-0.39, 0.29) is 10.5 Å². The summed E-state index contributed by atoms with van der Waals surface area (Å²) in [6.07, 6.45) is -0.878. The predicted molar refractivity (Wildman–Crippen MR) is 114 cm³/mol. The lowest BCUT2D eigenvalue weighted by atomic mass is 10.1. The maximum absolute atomic E-state index is 12.3. The third-order valence-electron chi connectivity index (χ3n) is 4.28. The molecule has 0 bridgehead atoms. The molecule has 0 unspecified atom stereocenters. The largest absolute Gasteiger partial charge is 0.480 e. The lowest BCUT2D eigenvalue weighted by molar-refractivity contribution is -0.128. The minimum Gasteiger partial charge on any atom is -0.480 e. The van der Waals surface area contributed by atoms with Crippen LogP contribution in [-0.4, -0.2) is 44.7 Å². The Morgan fingerprint density at radius 3 is 2.07 bits per heavy atom. The van der Waals surface area contributed by atoms with Crippen LogP contribution in [0.2, 0.25) is 5.02 Å². The van der Waals surface area contributed by atoms with Crippen LogP contribution in [0.25, 0.3) is 0 Å². The highest BCUT2D eigenvalue weighted by Gasteiger charge is 2.20. The number of hydrogen-bond acceptors (Lipinski definition) is 5. The summed E-state index contributed by atoms with van der Waals surface area (Å²) < 4.78 is 30.9. The molecule has 0 fully saturated rings. The Morgan fingerprint density at radius 2 is 1.57 bits per heavy atom. The number of carbonyl (C=O) groups is 2. The molecule has 0 radical (unpaired) electrons. The van der Waals surface area contributed by atoms with E-state index < -0.39 is 27.9 Å². The summed E-state index contributed by atoms with van der Waals surface area (Å²) in [5.74, 6) is -0.599. The summed E-state index contributed by atoms with van der Waals surface area (Å²) in [5.41, 5.74) is 6.35. The van der Waals surface area contributed by atoms with Crippen LogP contribution >= 0.6 is 11.6 Å². The number of aryl methyl sites for hydroxylation is 2. The van der Waals surface area contributed by atoms with Gasteiger partial charge in [0.2, 0.25) is 10.0 Å². The molecule has 162 valence electrons. The van der Waals surface area contributed by atoms with Crippen LogP contribution in [-0.2, 0) is 14.8 Å². The predicted octanol–water partition coefficient (Wildman–Crippen LogP) is 2.44. The van der Waals surface area contributed by atoms with Gasteiger partial charge in [-0.05, 0) is 68.3 Å². The summed E-state index contributed by atoms with van der Waals surface area (Å²) in [4.78, 5) is 24.6. The molecular formula is C20H24ClN3O5S. The Labute approximate surface area is 181 Å². The van der Waals surface area contributed by atoms with Crippen molar-refractivity contribution in [1.29, 1.82) is 0 Å². The molecule has 8 nitrogen and oxygen atoms in total.